The van der Waals surface area contributed by atoms with Crippen LogP contribution in [-0.4, -0.2) is 35.5 Å². The van der Waals surface area contributed by atoms with E-state index in [9.17, 15) is 0 Å². The lowest BCUT2D eigenvalue weighted by molar-refractivity contribution is 0.0203. The minimum absolute atomic E-state index is 0.288. The van der Waals surface area contributed by atoms with E-state index in [1.807, 2.05) is 6.07 Å². The lowest BCUT2D eigenvalue weighted by Crippen LogP contribution is -2.48. The number of nitrogens with zero attached hydrogens (tertiary/aromatic N) is 3. The highest BCUT2D eigenvalue weighted by molar-refractivity contribution is 5.42. The molecule has 2 rings (SSSR count). The highest BCUT2D eigenvalue weighted by atomic mass is 16.5. The van der Waals surface area contributed by atoms with Crippen LogP contribution in [0, 0.1) is 0 Å². The number of aromatic nitrogens is 2. The fraction of sp³-hybridized carbons (Fsp3) is 0.636. The number of ether oxygens (including phenoxy) is 1. The van der Waals surface area contributed by atoms with Gasteiger partial charge in [-0.15, -0.1) is 10.2 Å². The summed E-state index contributed by atoms with van der Waals surface area (Å²) in [5.41, 5.74) is 5.53. The molecule has 88 valence electrons. The molecule has 0 aromatic carbocycles. The molecule has 0 spiro atoms. The van der Waals surface area contributed by atoms with E-state index >= 15 is 0 Å². The Balaban J connectivity index is 2.14. The Morgan fingerprint density at radius 2 is 2.31 bits per heavy atom. The Kier molecular flexibility index (Phi) is 3.24. The van der Waals surface area contributed by atoms with Crippen LogP contribution in [0.2, 0.25) is 0 Å². The smallest absolute Gasteiger partial charge is 0.151 e. The van der Waals surface area contributed by atoms with E-state index in [1.54, 1.807) is 6.07 Å². The number of hydrogen-bond donors (Lipinski definition) is 1. The van der Waals surface area contributed by atoms with Crippen molar-refractivity contribution in [3.8, 4) is 0 Å². The van der Waals surface area contributed by atoms with Crippen LogP contribution in [0.25, 0.3) is 0 Å². The molecule has 2 N–H and O–H groups in total. The summed E-state index contributed by atoms with van der Waals surface area (Å²) in [6, 6.07) is 4.03. The number of anilines is 2. The van der Waals surface area contributed by atoms with Gasteiger partial charge < -0.3 is 15.4 Å². The first-order chi connectivity index (χ1) is 7.70. The van der Waals surface area contributed by atoms with Crippen molar-refractivity contribution in [1.82, 2.24) is 10.2 Å². The standard InChI is InChI=1S/C11H18N4O/c1-3-9-6-15(8(2)7-16-9)11-5-4-10(12)13-14-11/h4-5,8-9H,3,6-7H2,1-2H3,(H2,12,13). The summed E-state index contributed by atoms with van der Waals surface area (Å²) in [6.07, 6.45) is 1.31. The molecule has 16 heavy (non-hydrogen) atoms. The molecule has 0 amide bonds. The van der Waals surface area contributed by atoms with Crippen LogP contribution in [0.3, 0.4) is 0 Å². The second kappa shape index (κ2) is 4.65. The van der Waals surface area contributed by atoms with E-state index in [2.05, 4.69) is 28.9 Å². The number of rotatable bonds is 2. The first kappa shape index (κ1) is 11.1. The molecule has 2 atom stereocenters. The van der Waals surface area contributed by atoms with Crippen LogP contribution in [0.15, 0.2) is 12.1 Å². The zero-order valence-corrected chi connectivity index (χ0v) is 9.76. The number of nitrogen functional groups attached to an aromatic ring is 1. The maximum absolute atomic E-state index is 5.70. The van der Waals surface area contributed by atoms with Crippen molar-refractivity contribution in [2.75, 3.05) is 23.8 Å². The molecule has 5 heteroatoms. The van der Waals surface area contributed by atoms with E-state index in [0.29, 0.717) is 11.9 Å². The third-order valence-corrected chi connectivity index (χ3v) is 2.93. The van der Waals surface area contributed by atoms with Gasteiger partial charge in [-0.2, -0.15) is 0 Å². The summed E-state index contributed by atoms with van der Waals surface area (Å²) in [4.78, 5) is 2.23. The molecule has 1 saturated heterocycles. The average molecular weight is 222 g/mol. The summed E-state index contributed by atoms with van der Waals surface area (Å²) in [5, 5.41) is 8.00. The third kappa shape index (κ3) is 2.24. The van der Waals surface area contributed by atoms with Crippen molar-refractivity contribution < 1.29 is 4.74 Å². The van der Waals surface area contributed by atoms with E-state index in [4.69, 9.17) is 10.5 Å². The van der Waals surface area contributed by atoms with Gasteiger partial charge in [0.25, 0.3) is 0 Å². The number of nitrogens with two attached hydrogens (primary N) is 1. The van der Waals surface area contributed by atoms with Gasteiger partial charge in [0.15, 0.2) is 5.82 Å². The maximum atomic E-state index is 5.70. The van der Waals surface area contributed by atoms with Crippen LogP contribution in [-0.2, 0) is 4.74 Å². The van der Waals surface area contributed by atoms with Crippen LogP contribution in [0.4, 0.5) is 11.6 Å². The van der Waals surface area contributed by atoms with Crippen molar-refractivity contribution in [2.45, 2.75) is 32.4 Å². The molecule has 1 aromatic heterocycles. The second-order valence-electron chi connectivity index (χ2n) is 4.18. The molecular weight excluding hydrogens is 204 g/mol. The monoisotopic (exact) mass is 222 g/mol. The normalized spacial score (nSPS) is 25.8. The Labute approximate surface area is 95.6 Å². The molecule has 1 aromatic rings. The van der Waals surface area contributed by atoms with Crippen LogP contribution in [0.1, 0.15) is 20.3 Å². The van der Waals surface area contributed by atoms with E-state index in [0.717, 1.165) is 25.4 Å². The molecule has 1 aliphatic rings. The second-order valence-corrected chi connectivity index (χ2v) is 4.18. The van der Waals surface area contributed by atoms with Crippen molar-refractivity contribution in [3.05, 3.63) is 12.1 Å². The molecule has 0 radical (unpaired) electrons. The van der Waals surface area contributed by atoms with Crippen molar-refractivity contribution in [3.63, 3.8) is 0 Å². The van der Waals surface area contributed by atoms with Gasteiger partial charge >= 0.3 is 0 Å². The van der Waals surface area contributed by atoms with Gasteiger partial charge in [-0.05, 0) is 25.5 Å². The van der Waals surface area contributed by atoms with Crippen molar-refractivity contribution >= 4 is 11.6 Å². The topological polar surface area (TPSA) is 64.3 Å². The van der Waals surface area contributed by atoms with Crippen molar-refractivity contribution in [2.24, 2.45) is 0 Å². The van der Waals surface area contributed by atoms with Gasteiger partial charge in [0.05, 0.1) is 18.8 Å². The SMILES string of the molecule is CCC1CN(c2ccc(N)nn2)C(C)CO1. The summed E-state index contributed by atoms with van der Waals surface area (Å²) in [6.45, 7) is 5.87. The fourth-order valence-corrected chi connectivity index (χ4v) is 1.87. The van der Waals surface area contributed by atoms with Crippen LogP contribution >= 0.6 is 0 Å². The molecule has 0 bridgehead atoms. The largest absolute Gasteiger partial charge is 0.382 e. The highest BCUT2D eigenvalue weighted by Gasteiger charge is 2.26. The third-order valence-electron chi connectivity index (χ3n) is 2.93. The van der Waals surface area contributed by atoms with Gasteiger partial charge in [-0.1, -0.05) is 6.92 Å². The molecule has 5 nitrogen and oxygen atoms in total. The van der Waals surface area contributed by atoms with Gasteiger partial charge in [-0.25, -0.2) is 0 Å². The van der Waals surface area contributed by atoms with E-state index in [1.165, 1.54) is 0 Å². The maximum Gasteiger partial charge on any atom is 0.151 e. The first-order valence-electron chi connectivity index (χ1n) is 5.68. The van der Waals surface area contributed by atoms with E-state index < -0.39 is 0 Å². The van der Waals surface area contributed by atoms with Gasteiger partial charge in [0, 0.05) is 6.54 Å². The lowest BCUT2D eigenvalue weighted by atomic mass is 10.1. The van der Waals surface area contributed by atoms with Gasteiger partial charge in [0.1, 0.15) is 5.82 Å². The molecule has 1 aliphatic heterocycles. The minimum atomic E-state index is 0.288. The number of hydrogen-bond acceptors (Lipinski definition) is 5. The average Bonchev–Trinajstić information content (AvgIpc) is 2.31. The van der Waals surface area contributed by atoms with E-state index in [-0.39, 0.29) is 6.10 Å². The Bertz CT molecular complexity index is 340. The molecule has 2 heterocycles. The minimum Gasteiger partial charge on any atom is -0.382 e. The molecule has 2 unspecified atom stereocenters. The highest BCUT2D eigenvalue weighted by Crippen LogP contribution is 2.20. The zero-order chi connectivity index (χ0) is 11.5. The Morgan fingerprint density at radius 1 is 1.50 bits per heavy atom. The number of morpholine rings is 1. The molecule has 0 aliphatic carbocycles. The summed E-state index contributed by atoms with van der Waals surface area (Å²) < 4.78 is 5.70. The fourth-order valence-electron chi connectivity index (χ4n) is 1.87. The van der Waals surface area contributed by atoms with Crippen LogP contribution < -0.4 is 10.6 Å². The molecular formula is C11H18N4O. The lowest BCUT2D eigenvalue weighted by Gasteiger charge is -2.38. The summed E-state index contributed by atoms with van der Waals surface area (Å²) in [7, 11) is 0. The van der Waals surface area contributed by atoms with Gasteiger partial charge in [-0.3, -0.25) is 0 Å². The van der Waals surface area contributed by atoms with Crippen molar-refractivity contribution in [1.29, 1.82) is 0 Å². The predicted molar refractivity (Wildman–Crippen MR) is 63.3 cm³/mol. The Morgan fingerprint density at radius 3 is 2.94 bits per heavy atom. The summed E-state index contributed by atoms with van der Waals surface area (Å²) >= 11 is 0. The Hall–Kier alpha value is -1.36. The summed E-state index contributed by atoms with van der Waals surface area (Å²) in [5.74, 6) is 1.33. The first-order valence-corrected chi connectivity index (χ1v) is 5.68. The predicted octanol–water partition coefficient (Wildman–Crippen LogP) is 1.06. The quantitative estimate of drug-likeness (QED) is 0.810. The molecule has 0 saturated carbocycles. The van der Waals surface area contributed by atoms with Crippen LogP contribution in [0.5, 0.6) is 0 Å². The molecule has 1 fully saturated rings. The zero-order valence-electron chi connectivity index (χ0n) is 9.76. The van der Waals surface area contributed by atoms with Gasteiger partial charge in [0.2, 0.25) is 0 Å².